The van der Waals surface area contributed by atoms with Gasteiger partial charge in [-0.2, -0.15) is 0 Å². The van der Waals surface area contributed by atoms with E-state index in [2.05, 4.69) is 31.8 Å². The van der Waals surface area contributed by atoms with Crippen LogP contribution >= 0.6 is 24.0 Å². The van der Waals surface area contributed by atoms with Gasteiger partial charge in [-0.1, -0.05) is 29.8 Å². The van der Waals surface area contributed by atoms with Crippen LogP contribution in [0.25, 0.3) is 0 Å². The topological polar surface area (TPSA) is 58.9 Å². The van der Waals surface area contributed by atoms with Crippen molar-refractivity contribution in [2.75, 3.05) is 19.6 Å². The molecule has 1 aromatic carbocycles. The van der Waals surface area contributed by atoms with Crippen LogP contribution in [0.15, 0.2) is 24.3 Å². The van der Waals surface area contributed by atoms with E-state index >= 15 is 0 Å². The highest BCUT2D eigenvalue weighted by Gasteiger charge is 2.31. The number of halogens is 2. The number of benzene rings is 1. The van der Waals surface area contributed by atoms with Crippen LogP contribution in [0.4, 0.5) is 0 Å². The number of rotatable bonds is 4. The molecule has 0 radical (unpaired) electrons. The predicted molar refractivity (Wildman–Crippen MR) is 90.8 cm³/mol. The van der Waals surface area contributed by atoms with E-state index in [0.717, 1.165) is 37.0 Å². The number of hydrogen-bond acceptors (Lipinski definition) is 5. The average molecular weight is 355 g/mol. The number of tetrazole rings is 1. The molecule has 1 aliphatic carbocycles. The Morgan fingerprint density at radius 1 is 1.26 bits per heavy atom. The summed E-state index contributed by atoms with van der Waals surface area (Å²) in [4.78, 5) is 2.42. The van der Waals surface area contributed by atoms with Gasteiger partial charge in [-0.05, 0) is 34.9 Å². The highest BCUT2D eigenvalue weighted by molar-refractivity contribution is 6.31. The zero-order valence-corrected chi connectivity index (χ0v) is 14.3. The lowest BCUT2D eigenvalue weighted by Gasteiger charge is -2.36. The first kappa shape index (κ1) is 16.6. The lowest BCUT2D eigenvalue weighted by atomic mass is 10.0. The van der Waals surface area contributed by atoms with E-state index in [-0.39, 0.29) is 18.4 Å². The van der Waals surface area contributed by atoms with Crippen molar-refractivity contribution in [3.8, 4) is 0 Å². The van der Waals surface area contributed by atoms with Crippen molar-refractivity contribution >= 4 is 24.0 Å². The summed E-state index contributed by atoms with van der Waals surface area (Å²) in [6, 6.07) is 8.84. The summed E-state index contributed by atoms with van der Waals surface area (Å²) in [6.07, 6.45) is 2.38. The fourth-order valence-corrected chi connectivity index (χ4v) is 3.35. The molecule has 1 aromatic heterocycles. The largest absolute Gasteiger partial charge is 0.314 e. The summed E-state index contributed by atoms with van der Waals surface area (Å²) < 4.78 is 1.99. The van der Waals surface area contributed by atoms with Crippen molar-refractivity contribution in [3.05, 3.63) is 40.7 Å². The number of piperazine rings is 1. The Morgan fingerprint density at radius 2 is 2.09 bits per heavy atom. The molecule has 0 bridgehead atoms. The molecule has 1 saturated carbocycles. The smallest absolute Gasteiger partial charge is 0.165 e. The first-order chi connectivity index (χ1) is 10.8. The average Bonchev–Trinajstić information content (AvgIpc) is 3.29. The molecule has 2 heterocycles. The molecule has 1 aliphatic heterocycles. The molecule has 1 unspecified atom stereocenters. The quantitative estimate of drug-likeness (QED) is 0.912. The van der Waals surface area contributed by atoms with Crippen molar-refractivity contribution in [1.82, 2.24) is 30.4 Å². The van der Waals surface area contributed by atoms with Crippen molar-refractivity contribution < 1.29 is 0 Å². The SMILES string of the molecule is Cl.Clc1ccccc1C1CNCCN1Cc1nnnn1C1CC1. The molecule has 1 atom stereocenters. The zero-order chi connectivity index (χ0) is 14.9. The Kier molecular flexibility index (Phi) is 5.16. The number of nitrogens with zero attached hydrogens (tertiary/aromatic N) is 5. The minimum Gasteiger partial charge on any atom is -0.314 e. The molecule has 23 heavy (non-hydrogen) atoms. The summed E-state index contributed by atoms with van der Waals surface area (Å²) in [5.74, 6) is 0.960. The molecule has 2 aliphatic rings. The molecular formula is C15H20Cl2N6. The summed E-state index contributed by atoms with van der Waals surface area (Å²) in [7, 11) is 0. The first-order valence-electron chi connectivity index (χ1n) is 7.79. The third kappa shape index (κ3) is 3.50. The van der Waals surface area contributed by atoms with E-state index in [1.807, 2.05) is 22.9 Å². The maximum absolute atomic E-state index is 6.40. The third-order valence-corrected chi connectivity index (χ3v) is 4.76. The van der Waals surface area contributed by atoms with E-state index in [1.54, 1.807) is 0 Å². The van der Waals surface area contributed by atoms with E-state index in [1.165, 1.54) is 18.4 Å². The second-order valence-corrected chi connectivity index (χ2v) is 6.39. The second kappa shape index (κ2) is 7.13. The Morgan fingerprint density at radius 3 is 2.87 bits per heavy atom. The van der Waals surface area contributed by atoms with Gasteiger partial charge < -0.3 is 5.32 Å². The van der Waals surface area contributed by atoms with E-state index in [0.29, 0.717) is 6.04 Å². The molecule has 0 spiro atoms. The standard InChI is InChI=1S/C15H19ClN6.ClH/c16-13-4-2-1-3-12(13)14-9-17-7-8-21(14)10-15-18-19-20-22(15)11-5-6-11;/h1-4,11,14,17H,5-10H2;1H. The van der Waals surface area contributed by atoms with Crippen LogP contribution in [0, 0.1) is 0 Å². The van der Waals surface area contributed by atoms with Crippen LogP contribution in [0.2, 0.25) is 5.02 Å². The van der Waals surface area contributed by atoms with Gasteiger partial charge in [0.05, 0.1) is 12.6 Å². The highest BCUT2D eigenvalue weighted by Crippen LogP contribution is 2.35. The van der Waals surface area contributed by atoms with Gasteiger partial charge in [-0.15, -0.1) is 17.5 Å². The van der Waals surface area contributed by atoms with Gasteiger partial charge in [-0.25, -0.2) is 4.68 Å². The lowest BCUT2D eigenvalue weighted by molar-refractivity contribution is 0.147. The summed E-state index contributed by atoms with van der Waals surface area (Å²) in [6.45, 7) is 3.61. The van der Waals surface area contributed by atoms with Gasteiger partial charge in [0, 0.05) is 30.7 Å². The van der Waals surface area contributed by atoms with E-state index < -0.39 is 0 Å². The van der Waals surface area contributed by atoms with Gasteiger partial charge in [0.15, 0.2) is 5.82 Å². The van der Waals surface area contributed by atoms with E-state index in [4.69, 9.17) is 11.6 Å². The van der Waals surface area contributed by atoms with Crippen LogP contribution in [-0.2, 0) is 6.54 Å². The minimum atomic E-state index is 0. The normalized spacial score (nSPS) is 21.9. The van der Waals surface area contributed by atoms with Crippen molar-refractivity contribution in [2.45, 2.75) is 31.5 Å². The minimum absolute atomic E-state index is 0. The van der Waals surface area contributed by atoms with Crippen molar-refractivity contribution in [2.24, 2.45) is 0 Å². The maximum Gasteiger partial charge on any atom is 0.165 e. The molecule has 1 N–H and O–H groups in total. The van der Waals surface area contributed by atoms with Gasteiger partial charge in [0.25, 0.3) is 0 Å². The van der Waals surface area contributed by atoms with Gasteiger partial charge in [0.1, 0.15) is 0 Å². The van der Waals surface area contributed by atoms with Gasteiger partial charge in [-0.3, -0.25) is 4.90 Å². The molecule has 1 saturated heterocycles. The Hall–Kier alpha value is -1.21. The molecule has 2 aromatic rings. The summed E-state index contributed by atoms with van der Waals surface area (Å²) in [5.41, 5.74) is 1.17. The summed E-state index contributed by atoms with van der Waals surface area (Å²) >= 11 is 6.40. The Bertz CT molecular complexity index is 657. The molecule has 4 rings (SSSR count). The fourth-order valence-electron chi connectivity index (χ4n) is 3.09. The molecule has 6 nitrogen and oxygen atoms in total. The van der Waals surface area contributed by atoms with Crippen LogP contribution in [0.1, 0.15) is 36.3 Å². The highest BCUT2D eigenvalue weighted by atomic mass is 35.5. The van der Waals surface area contributed by atoms with Crippen molar-refractivity contribution in [1.29, 1.82) is 0 Å². The molecule has 124 valence electrons. The number of aromatic nitrogens is 4. The van der Waals surface area contributed by atoms with Crippen LogP contribution in [0.5, 0.6) is 0 Å². The van der Waals surface area contributed by atoms with E-state index in [9.17, 15) is 0 Å². The number of nitrogens with one attached hydrogen (secondary N) is 1. The van der Waals surface area contributed by atoms with Crippen LogP contribution in [-0.4, -0.2) is 44.7 Å². The predicted octanol–water partition coefficient (Wildman–Crippen LogP) is 2.23. The first-order valence-corrected chi connectivity index (χ1v) is 8.16. The Labute approximate surface area is 146 Å². The summed E-state index contributed by atoms with van der Waals surface area (Å²) in [5, 5.41) is 16.5. The molecule has 8 heteroatoms. The van der Waals surface area contributed by atoms with Gasteiger partial charge >= 0.3 is 0 Å². The second-order valence-electron chi connectivity index (χ2n) is 5.98. The third-order valence-electron chi connectivity index (χ3n) is 4.42. The molecule has 2 fully saturated rings. The van der Waals surface area contributed by atoms with Crippen molar-refractivity contribution in [3.63, 3.8) is 0 Å². The molecular weight excluding hydrogens is 335 g/mol. The molecule has 0 amide bonds. The van der Waals surface area contributed by atoms with Gasteiger partial charge in [0.2, 0.25) is 0 Å². The zero-order valence-electron chi connectivity index (χ0n) is 12.7. The monoisotopic (exact) mass is 354 g/mol. The Balaban J connectivity index is 0.00000156. The fraction of sp³-hybridized carbons (Fsp3) is 0.533. The van der Waals surface area contributed by atoms with Crippen LogP contribution < -0.4 is 5.32 Å². The maximum atomic E-state index is 6.40. The van der Waals surface area contributed by atoms with Crippen LogP contribution in [0.3, 0.4) is 0 Å². The number of hydrogen-bond donors (Lipinski definition) is 1. The lowest BCUT2D eigenvalue weighted by Crippen LogP contribution is -2.46.